The van der Waals surface area contributed by atoms with E-state index in [1.165, 1.54) is 11.1 Å². The third-order valence-electron chi connectivity index (χ3n) is 5.42. The predicted molar refractivity (Wildman–Crippen MR) is 128 cm³/mol. The van der Waals surface area contributed by atoms with Gasteiger partial charge in [0, 0.05) is 18.3 Å². The monoisotopic (exact) mass is 433 g/mol. The minimum Gasteiger partial charge on any atom is -0.497 e. The number of carbonyl (C=O) groups is 1. The standard InChI is InChI=1S/C27H31NO4/c1-4-28(24-11-8-12-26(20-24)30-3)17-18-31-27(29)32-25-15-13-23(14-16-25)21(2)19-22-9-6-5-7-10-22/h5-16,20-21H,4,17-19H2,1-3H3. The van der Waals surface area contributed by atoms with Crippen LogP contribution in [0.4, 0.5) is 10.5 Å². The maximum atomic E-state index is 12.1. The van der Waals surface area contributed by atoms with E-state index in [1.807, 2.05) is 54.6 Å². The van der Waals surface area contributed by atoms with Gasteiger partial charge in [0.15, 0.2) is 0 Å². The Labute approximate surface area is 190 Å². The molecule has 0 aliphatic carbocycles. The predicted octanol–water partition coefficient (Wildman–Crippen LogP) is 6.08. The van der Waals surface area contributed by atoms with Gasteiger partial charge < -0.3 is 19.1 Å². The average Bonchev–Trinajstić information content (AvgIpc) is 2.83. The summed E-state index contributed by atoms with van der Waals surface area (Å²) in [6.07, 6.45) is 0.265. The maximum Gasteiger partial charge on any atom is 0.513 e. The molecule has 0 radical (unpaired) electrons. The smallest absolute Gasteiger partial charge is 0.497 e. The van der Waals surface area contributed by atoms with Gasteiger partial charge in [0.25, 0.3) is 0 Å². The summed E-state index contributed by atoms with van der Waals surface area (Å²) in [5.41, 5.74) is 3.52. The van der Waals surface area contributed by atoms with Gasteiger partial charge in [-0.05, 0) is 54.7 Å². The summed E-state index contributed by atoms with van der Waals surface area (Å²) in [6, 6.07) is 25.8. The molecule has 0 amide bonds. The van der Waals surface area contributed by atoms with Crippen molar-refractivity contribution in [3.63, 3.8) is 0 Å². The van der Waals surface area contributed by atoms with E-state index in [2.05, 4.69) is 43.0 Å². The Balaban J connectivity index is 1.46. The largest absolute Gasteiger partial charge is 0.513 e. The van der Waals surface area contributed by atoms with E-state index in [-0.39, 0.29) is 6.61 Å². The summed E-state index contributed by atoms with van der Waals surface area (Å²) < 4.78 is 15.9. The highest BCUT2D eigenvalue weighted by Gasteiger charge is 2.11. The van der Waals surface area contributed by atoms with Gasteiger partial charge in [0.2, 0.25) is 0 Å². The molecule has 3 aromatic rings. The molecule has 0 saturated carbocycles. The lowest BCUT2D eigenvalue weighted by atomic mass is 9.94. The normalized spacial score (nSPS) is 11.5. The van der Waals surface area contributed by atoms with Crippen LogP contribution >= 0.6 is 0 Å². The summed E-state index contributed by atoms with van der Waals surface area (Å²) in [5, 5.41) is 0. The van der Waals surface area contributed by atoms with Crippen molar-refractivity contribution in [2.75, 3.05) is 31.7 Å². The van der Waals surface area contributed by atoms with Gasteiger partial charge in [0.05, 0.1) is 13.7 Å². The van der Waals surface area contributed by atoms with Crippen LogP contribution in [0.15, 0.2) is 78.9 Å². The SMILES string of the molecule is CCN(CCOC(=O)Oc1ccc(C(C)Cc2ccccc2)cc1)c1cccc(OC)c1. The third-order valence-corrected chi connectivity index (χ3v) is 5.42. The fourth-order valence-electron chi connectivity index (χ4n) is 3.59. The number of methoxy groups -OCH3 is 1. The van der Waals surface area contributed by atoms with Crippen molar-refractivity contribution in [2.45, 2.75) is 26.2 Å². The molecule has 0 aliphatic rings. The summed E-state index contributed by atoms with van der Waals surface area (Å²) >= 11 is 0. The van der Waals surface area contributed by atoms with Crippen LogP contribution < -0.4 is 14.4 Å². The number of hydrogen-bond donors (Lipinski definition) is 0. The van der Waals surface area contributed by atoms with Gasteiger partial charge in [-0.2, -0.15) is 0 Å². The van der Waals surface area contributed by atoms with Gasteiger partial charge >= 0.3 is 6.16 Å². The minimum absolute atomic E-state index is 0.232. The first-order chi connectivity index (χ1) is 15.6. The van der Waals surface area contributed by atoms with Crippen LogP contribution in [0.3, 0.4) is 0 Å². The Bertz CT molecular complexity index is 972. The first-order valence-corrected chi connectivity index (χ1v) is 11.0. The molecular formula is C27H31NO4. The van der Waals surface area contributed by atoms with Gasteiger partial charge in [-0.1, -0.05) is 55.5 Å². The van der Waals surface area contributed by atoms with Crippen LogP contribution in [0.1, 0.15) is 30.9 Å². The zero-order valence-corrected chi connectivity index (χ0v) is 19.0. The summed E-state index contributed by atoms with van der Waals surface area (Å²) in [5.74, 6) is 1.64. The van der Waals surface area contributed by atoms with Crippen molar-refractivity contribution in [2.24, 2.45) is 0 Å². The van der Waals surface area contributed by atoms with E-state index in [4.69, 9.17) is 14.2 Å². The second kappa shape index (κ2) is 11.8. The summed E-state index contributed by atoms with van der Waals surface area (Å²) in [6.45, 7) is 5.83. The number of benzene rings is 3. The highest BCUT2D eigenvalue weighted by atomic mass is 16.7. The molecule has 0 aliphatic heterocycles. The second-order valence-electron chi connectivity index (χ2n) is 7.64. The molecule has 0 spiro atoms. The molecule has 1 atom stereocenters. The molecule has 0 aromatic heterocycles. The molecule has 3 rings (SSSR count). The van der Waals surface area contributed by atoms with Crippen LogP contribution in [0.25, 0.3) is 0 Å². The van der Waals surface area contributed by atoms with Crippen molar-refractivity contribution < 1.29 is 19.0 Å². The molecule has 0 N–H and O–H groups in total. The van der Waals surface area contributed by atoms with Gasteiger partial charge in [-0.25, -0.2) is 4.79 Å². The quantitative estimate of drug-likeness (QED) is 0.286. The van der Waals surface area contributed by atoms with Gasteiger partial charge in [-0.3, -0.25) is 0 Å². The summed E-state index contributed by atoms with van der Waals surface area (Å²) in [4.78, 5) is 14.2. The molecule has 168 valence electrons. The van der Waals surface area contributed by atoms with E-state index < -0.39 is 6.16 Å². The minimum atomic E-state index is -0.697. The number of carbonyl (C=O) groups excluding carboxylic acids is 1. The Morgan fingerprint density at radius 1 is 0.938 bits per heavy atom. The number of ether oxygens (including phenoxy) is 3. The Hall–Kier alpha value is -3.47. The highest BCUT2D eigenvalue weighted by Crippen LogP contribution is 2.23. The molecule has 3 aromatic carbocycles. The number of hydrogen-bond acceptors (Lipinski definition) is 5. The lowest BCUT2D eigenvalue weighted by Gasteiger charge is -2.23. The Kier molecular flexibility index (Phi) is 8.55. The second-order valence-corrected chi connectivity index (χ2v) is 7.64. The topological polar surface area (TPSA) is 48.0 Å². The average molecular weight is 434 g/mol. The van der Waals surface area contributed by atoms with E-state index in [0.29, 0.717) is 18.2 Å². The number of rotatable bonds is 10. The van der Waals surface area contributed by atoms with Crippen LogP contribution in [0.2, 0.25) is 0 Å². The highest BCUT2D eigenvalue weighted by molar-refractivity contribution is 5.64. The first-order valence-electron chi connectivity index (χ1n) is 11.0. The van der Waals surface area contributed by atoms with Crippen molar-refractivity contribution in [3.8, 4) is 11.5 Å². The van der Waals surface area contributed by atoms with E-state index in [1.54, 1.807) is 7.11 Å². The molecule has 0 bridgehead atoms. The van der Waals surface area contributed by atoms with Crippen LogP contribution in [0, 0.1) is 0 Å². The number of nitrogens with zero attached hydrogens (tertiary/aromatic N) is 1. The van der Waals surface area contributed by atoms with Crippen molar-refractivity contribution in [1.29, 1.82) is 0 Å². The van der Waals surface area contributed by atoms with E-state index in [0.717, 1.165) is 24.4 Å². The van der Waals surface area contributed by atoms with Gasteiger partial charge in [-0.15, -0.1) is 0 Å². The fourth-order valence-corrected chi connectivity index (χ4v) is 3.59. The molecule has 5 nitrogen and oxygen atoms in total. The van der Waals surface area contributed by atoms with Crippen LogP contribution in [0.5, 0.6) is 11.5 Å². The molecule has 0 fully saturated rings. The van der Waals surface area contributed by atoms with Crippen LogP contribution in [-0.2, 0) is 11.2 Å². The van der Waals surface area contributed by atoms with E-state index in [9.17, 15) is 4.79 Å². The maximum absolute atomic E-state index is 12.1. The number of likely N-dealkylation sites (N-methyl/N-ethyl adjacent to an activating group) is 1. The fraction of sp³-hybridized carbons (Fsp3) is 0.296. The molecule has 5 heteroatoms. The van der Waals surface area contributed by atoms with Crippen molar-refractivity contribution in [1.82, 2.24) is 0 Å². The molecule has 0 heterocycles. The van der Waals surface area contributed by atoms with Crippen molar-refractivity contribution >= 4 is 11.8 Å². The molecule has 1 unspecified atom stereocenters. The molecule has 32 heavy (non-hydrogen) atoms. The van der Waals surface area contributed by atoms with Crippen LogP contribution in [-0.4, -0.2) is 33.0 Å². The zero-order chi connectivity index (χ0) is 22.8. The lowest BCUT2D eigenvalue weighted by molar-refractivity contribution is 0.101. The van der Waals surface area contributed by atoms with Crippen molar-refractivity contribution in [3.05, 3.63) is 90.0 Å². The molecular weight excluding hydrogens is 402 g/mol. The Morgan fingerprint density at radius 3 is 2.38 bits per heavy atom. The zero-order valence-electron chi connectivity index (χ0n) is 19.0. The third kappa shape index (κ3) is 6.77. The molecule has 0 saturated heterocycles. The van der Waals surface area contributed by atoms with E-state index >= 15 is 0 Å². The summed E-state index contributed by atoms with van der Waals surface area (Å²) in [7, 11) is 1.64. The first kappa shape index (κ1) is 23.2. The number of anilines is 1. The Morgan fingerprint density at radius 2 is 1.69 bits per heavy atom. The van der Waals surface area contributed by atoms with Gasteiger partial charge in [0.1, 0.15) is 18.1 Å². The lowest BCUT2D eigenvalue weighted by Crippen LogP contribution is -2.28.